The average molecular weight is 314 g/mol. The Morgan fingerprint density at radius 1 is 1.14 bits per heavy atom. The SMILES string of the molecule is CCS(=O)(=O)CCCC(=O)Cc1ccc(OC)c(OC)c1. The van der Waals surface area contributed by atoms with Crippen molar-refractivity contribution in [3.63, 3.8) is 0 Å². The van der Waals surface area contributed by atoms with Crippen molar-refractivity contribution in [3.8, 4) is 11.5 Å². The van der Waals surface area contributed by atoms with Gasteiger partial charge in [-0.1, -0.05) is 13.0 Å². The maximum absolute atomic E-state index is 11.9. The summed E-state index contributed by atoms with van der Waals surface area (Å²) in [4.78, 5) is 11.9. The highest BCUT2D eigenvalue weighted by atomic mass is 32.2. The van der Waals surface area contributed by atoms with Gasteiger partial charge in [-0.2, -0.15) is 0 Å². The van der Waals surface area contributed by atoms with Crippen molar-refractivity contribution in [2.45, 2.75) is 26.2 Å². The topological polar surface area (TPSA) is 69.7 Å². The smallest absolute Gasteiger partial charge is 0.161 e. The summed E-state index contributed by atoms with van der Waals surface area (Å²) in [6.45, 7) is 1.61. The maximum atomic E-state index is 11.9. The summed E-state index contributed by atoms with van der Waals surface area (Å²) in [5, 5.41) is 0. The van der Waals surface area contributed by atoms with Gasteiger partial charge in [0.25, 0.3) is 0 Å². The zero-order valence-corrected chi connectivity index (χ0v) is 13.5. The van der Waals surface area contributed by atoms with E-state index in [0.717, 1.165) is 5.56 Å². The Bertz CT molecular complexity index is 578. The van der Waals surface area contributed by atoms with Crippen LogP contribution in [0.1, 0.15) is 25.3 Å². The zero-order chi connectivity index (χ0) is 15.9. The van der Waals surface area contributed by atoms with Crippen LogP contribution in [-0.2, 0) is 21.1 Å². The summed E-state index contributed by atoms with van der Waals surface area (Å²) in [6, 6.07) is 5.32. The molecule has 5 nitrogen and oxygen atoms in total. The fraction of sp³-hybridized carbons (Fsp3) is 0.533. The number of ether oxygens (including phenoxy) is 2. The molecule has 0 aliphatic heterocycles. The highest BCUT2D eigenvalue weighted by molar-refractivity contribution is 7.91. The van der Waals surface area contributed by atoms with Gasteiger partial charge in [0.2, 0.25) is 0 Å². The van der Waals surface area contributed by atoms with E-state index < -0.39 is 9.84 Å². The molecular formula is C15H22O5S. The normalized spacial score (nSPS) is 11.2. The van der Waals surface area contributed by atoms with Gasteiger partial charge in [-0.15, -0.1) is 0 Å². The van der Waals surface area contributed by atoms with Gasteiger partial charge in [-0.25, -0.2) is 8.42 Å². The van der Waals surface area contributed by atoms with Crippen LogP contribution in [0.5, 0.6) is 11.5 Å². The molecule has 0 N–H and O–H groups in total. The highest BCUT2D eigenvalue weighted by Crippen LogP contribution is 2.27. The number of rotatable bonds is 9. The summed E-state index contributed by atoms with van der Waals surface area (Å²) in [5.74, 6) is 1.41. The van der Waals surface area contributed by atoms with Crippen molar-refractivity contribution in [3.05, 3.63) is 23.8 Å². The largest absolute Gasteiger partial charge is 0.493 e. The van der Waals surface area contributed by atoms with Crippen molar-refractivity contribution in [2.24, 2.45) is 0 Å². The number of ketones is 1. The molecule has 0 aliphatic rings. The second kappa shape index (κ2) is 8.02. The lowest BCUT2D eigenvalue weighted by atomic mass is 10.1. The molecule has 0 atom stereocenters. The quantitative estimate of drug-likeness (QED) is 0.697. The Balaban J connectivity index is 2.55. The Kier molecular flexibility index (Phi) is 6.68. The minimum Gasteiger partial charge on any atom is -0.493 e. The van der Waals surface area contributed by atoms with Crippen LogP contribution < -0.4 is 9.47 Å². The van der Waals surface area contributed by atoms with Gasteiger partial charge in [-0.3, -0.25) is 4.79 Å². The molecule has 1 rings (SSSR count). The number of carbonyl (C=O) groups excluding carboxylic acids is 1. The third-order valence-electron chi connectivity index (χ3n) is 3.20. The minimum atomic E-state index is -3.00. The lowest BCUT2D eigenvalue weighted by Gasteiger charge is -2.09. The molecule has 0 spiro atoms. The van der Waals surface area contributed by atoms with Gasteiger partial charge < -0.3 is 9.47 Å². The molecule has 0 fully saturated rings. The first-order chi connectivity index (χ1) is 9.91. The van der Waals surface area contributed by atoms with E-state index in [4.69, 9.17) is 9.47 Å². The number of benzene rings is 1. The van der Waals surface area contributed by atoms with Crippen molar-refractivity contribution in [1.82, 2.24) is 0 Å². The Hall–Kier alpha value is -1.56. The van der Waals surface area contributed by atoms with Crippen LogP contribution in [0.4, 0.5) is 0 Å². The monoisotopic (exact) mass is 314 g/mol. The number of sulfone groups is 1. The third kappa shape index (κ3) is 5.75. The lowest BCUT2D eigenvalue weighted by Crippen LogP contribution is -2.11. The summed E-state index contributed by atoms with van der Waals surface area (Å²) < 4.78 is 33.0. The molecule has 0 radical (unpaired) electrons. The van der Waals surface area contributed by atoms with Crippen molar-refractivity contribution in [1.29, 1.82) is 0 Å². The van der Waals surface area contributed by atoms with Gasteiger partial charge >= 0.3 is 0 Å². The van der Waals surface area contributed by atoms with Crippen LogP contribution in [0.2, 0.25) is 0 Å². The summed E-state index contributed by atoms with van der Waals surface area (Å²) in [7, 11) is 0.0967. The van der Waals surface area contributed by atoms with Gasteiger partial charge in [0.05, 0.1) is 20.0 Å². The lowest BCUT2D eigenvalue weighted by molar-refractivity contribution is -0.118. The first-order valence-electron chi connectivity index (χ1n) is 6.85. The zero-order valence-electron chi connectivity index (χ0n) is 12.7. The summed E-state index contributed by atoms with van der Waals surface area (Å²) in [6.07, 6.45) is 0.919. The Morgan fingerprint density at radius 2 is 1.81 bits per heavy atom. The molecule has 0 heterocycles. The van der Waals surface area contributed by atoms with Crippen molar-refractivity contribution >= 4 is 15.6 Å². The number of carbonyl (C=O) groups is 1. The molecule has 1 aromatic rings. The maximum Gasteiger partial charge on any atom is 0.161 e. The molecule has 0 bridgehead atoms. The predicted molar refractivity (Wildman–Crippen MR) is 81.8 cm³/mol. The molecule has 0 amide bonds. The molecule has 0 saturated carbocycles. The Morgan fingerprint density at radius 3 is 2.38 bits per heavy atom. The average Bonchev–Trinajstić information content (AvgIpc) is 2.46. The molecule has 0 unspecified atom stereocenters. The molecule has 0 aromatic heterocycles. The number of Topliss-reactive ketones (excluding diaryl/α,β-unsaturated/α-hetero) is 1. The molecule has 21 heavy (non-hydrogen) atoms. The van der Waals surface area contributed by atoms with E-state index in [-0.39, 0.29) is 30.1 Å². The van der Waals surface area contributed by atoms with Gasteiger partial charge in [-0.05, 0) is 24.1 Å². The van der Waals surface area contributed by atoms with Crippen LogP contribution in [0, 0.1) is 0 Å². The van der Waals surface area contributed by atoms with E-state index >= 15 is 0 Å². The van der Waals surface area contributed by atoms with Gasteiger partial charge in [0.1, 0.15) is 15.6 Å². The number of hydrogen-bond donors (Lipinski definition) is 0. The fourth-order valence-electron chi connectivity index (χ4n) is 1.94. The van der Waals surface area contributed by atoms with Crippen molar-refractivity contribution < 1.29 is 22.7 Å². The first kappa shape index (κ1) is 17.5. The molecule has 0 aliphatic carbocycles. The number of hydrogen-bond acceptors (Lipinski definition) is 5. The van der Waals surface area contributed by atoms with Crippen LogP contribution in [0.15, 0.2) is 18.2 Å². The molecule has 6 heteroatoms. The standard InChI is InChI=1S/C15H22O5S/c1-4-21(17,18)9-5-6-13(16)10-12-7-8-14(19-2)15(11-12)20-3/h7-8,11H,4-6,9-10H2,1-3H3. The predicted octanol–water partition coefficient (Wildman–Crippen LogP) is 2.03. The van der Waals surface area contributed by atoms with Crippen molar-refractivity contribution in [2.75, 3.05) is 25.7 Å². The minimum absolute atomic E-state index is 0.0218. The van der Waals surface area contributed by atoms with E-state index in [0.29, 0.717) is 17.9 Å². The van der Waals surface area contributed by atoms with E-state index in [9.17, 15) is 13.2 Å². The first-order valence-corrected chi connectivity index (χ1v) is 8.67. The molecular weight excluding hydrogens is 292 g/mol. The van der Waals surface area contributed by atoms with Crippen LogP contribution >= 0.6 is 0 Å². The van der Waals surface area contributed by atoms with E-state index in [1.165, 1.54) is 0 Å². The van der Waals surface area contributed by atoms with Gasteiger partial charge in [0.15, 0.2) is 11.5 Å². The van der Waals surface area contributed by atoms with Crippen LogP contribution in [-0.4, -0.2) is 39.9 Å². The second-order valence-electron chi connectivity index (χ2n) is 4.74. The van der Waals surface area contributed by atoms with E-state index in [2.05, 4.69) is 0 Å². The highest BCUT2D eigenvalue weighted by Gasteiger charge is 2.11. The van der Waals surface area contributed by atoms with E-state index in [1.54, 1.807) is 33.3 Å². The Labute approximate surface area is 126 Å². The second-order valence-corrected chi connectivity index (χ2v) is 7.22. The molecule has 1 aromatic carbocycles. The van der Waals surface area contributed by atoms with E-state index in [1.807, 2.05) is 6.07 Å². The fourth-order valence-corrected chi connectivity index (χ4v) is 2.81. The summed E-state index contributed by atoms with van der Waals surface area (Å²) in [5.41, 5.74) is 0.830. The molecule has 0 saturated heterocycles. The summed E-state index contributed by atoms with van der Waals surface area (Å²) >= 11 is 0. The van der Waals surface area contributed by atoms with Crippen LogP contribution in [0.3, 0.4) is 0 Å². The third-order valence-corrected chi connectivity index (χ3v) is 4.99. The van der Waals surface area contributed by atoms with Gasteiger partial charge in [0, 0.05) is 18.6 Å². The van der Waals surface area contributed by atoms with Crippen LogP contribution in [0.25, 0.3) is 0 Å². The molecule has 118 valence electrons. The number of methoxy groups -OCH3 is 2.